The number of anilines is 1. The van der Waals surface area contributed by atoms with E-state index in [-0.39, 0.29) is 11.2 Å². The Kier molecular flexibility index (Phi) is 6.81. The second-order valence-corrected chi connectivity index (χ2v) is 8.41. The van der Waals surface area contributed by atoms with E-state index in [4.69, 9.17) is 4.74 Å². The molecule has 0 unspecified atom stereocenters. The number of methoxy groups -OCH3 is 1. The number of rotatable bonds is 8. The minimum atomic E-state index is -0.387. The fourth-order valence-electron chi connectivity index (χ4n) is 3.15. The third-order valence-corrected chi connectivity index (χ3v) is 5.89. The fraction of sp³-hybridized carbons (Fsp3) is 0.167. The minimum Gasteiger partial charge on any atom is -0.497 e. The third-order valence-electron chi connectivity index (χ3n) is 4.81. The molecule has 0 aliphatic rings. The molecule has 1 amide bonds. The molecule has 0 saturated heterocycles. The summed E-state index contributed by atoms with van der Waals surface area (Å²) in [7, 11) is 1.60. The van der Waals surface area contributed by atoms with Gasteiger partial charge in [-0.15, -0.1) is 10.2 Å². The van der Waals surface area contributed by atoms with Crippen LogP contribution in [0.3, 0.4) is 0 Å². The van der Waals surface area contributed by atoms with Gasteiger partial charge in [-0.1, -0.05) is 48.2 Å². The maximum absolute atomic E-state index is 12.8. The van der Waals surface area contributed by atoms with Crippen molar-refractivity contribution in [2.75, 3.05) is 12.4 Å². The van der Waals surface area contributed by atoms with Crippen LogP contribution in [0.15, 0.2) is 84.3 Å². The number of nitrogens with zero attached hydrogens (tertiary/aromatic N) is 4. The lowest BCUT2D eigenvalue weighted by molar-refractivity contribution is -0.115. The average molecular weight is 446 g/mol. The molecule has 32 heavy (non-hydrogen) atoms. The van der Waals surface area contributed by atoms with E-state index >= 15 is 0 Å². The first-order valence-corrected chi connectivity index (χ1v) is 11.0. The molecule has 0 aliphatic heterocycles. The predicted octanol–water partition coefficient (Wildman–Crippen LogP) is 4.52. The summed E-state index contributed by atoms with van der Waals surface area (Å²) in [6.07, 6.45) is 3.49. The largest absolute Gasteiger partial charge is 0.497 e. The second kappa shape index (κ2) is 10.1. The van der Waals surface area contributed by atoms with Crippen LogP contribution < -0.4 is 10.1 Å². The molecule has 7 nitrogen and oxygen atoms in total. The zero-order chi connectivity index (χ0) is 22.3. The van der Waals surface area contributed by atoms with Gasteiger partial charge in [0, 0.05) is 29.7 Å². The summed E-state index contributed by atoms with van der Waals surface area (Å²) >= 11 is 1.37. The first kappa shape index (κ1) is 21.6. The molecular formula is C24H23N5O2S. The van der Waals surface area contributed by atoms with E-state index < -0.39 is 0 Å². The zero-order valence-electron chi connectivity index (χ0n) is 17.8. The summed E-state index contributed by atoms with van der Waals surface area (Å²) in [6, 6.07) is 21.2. The van der Waals surface area contributed by atoms with Crippen LogP contribution in [-0.4, -0.2) is 38.0 Å². The van der Waals surface area contributed by atoms with Crippen molar-refractivity contribution in [3.63, 3.8) is 0 Å². The number of nitrogens with one attached hydrogen (secondary N) is 1. The van der Waals surface area contributed by atoms with Gasteiger partial charge in [-0.2, -0.15) is 0 Å². The topological polar surface area (TPSA) is 81.9 Å². The van der Waals surface area contributed by atoms with Crippen molar-refractivity contribution in [2.45, 2.75) is 23.9 Å². The third kappa shape index (κ3) is 5.15. The summed E-state index contributed by atoms with van der Waals surface area (Å²) in [5, 5.41) is 12.0. The van der Waals surface area contributed by atoms with Gasteiger partial charge >= 0.3 is 0 Å². The highest BCUT2D eigenvalue weighted by Gasteiger charge is 2.21. The van der Waals surface area contributed by atoms with E-state index in [1.54, 1.807) is 25.6 Å². The van der Waals surface area contributed by atoms with Gasteiger partial charge in [0.1, 0.15) is 5.75 Å². The van der Waals surface area contributed by atoms with Crippen molar-refractivity contribution in [3.8, 4) is 17.1 Å². The molecule has 0 bridgehead atoms. The lowest BCUT2D eigenvalue weighted by Gasteiger charge is -2.14. The smallest absolute Gasteiger partial charge is 0.237 e. The Morgan fingerprint density at radius 3 is 2.69 bits per heavy atom. The van der Waals surface area contributed by atoms with Gasteiger partial charge in [0.15, 0.2) is 11.0 Å². The number of thioether (sulfide) groups is 1. The number of aromatic nitrogens is 4. The lowest BCUT2D eigenvalue weighted by atomic mass is 10.2. The van der Waals surface area contributed by atoms with Gasteiger partial charge < -0.3 is 10.1 Å². The maximum atomic E-state index is 12.8. The average Bonchev–Trinajstić information content (AvgIpc) is 3.22. The molecular weight excluding hydrogens is 422 g/mol. The highest BCUT2D eigenvalue weighted by Crippen LogP contribution is 2.28. The predicted molar refractivity (Wildman–Crippen MR) is 126 cm³/mol. The van der Waals surface area contributed by atoms with Gasteiger partial charge in [0.2, 0.25) is 5.91 Å². The van der Waals surface area contributed by atoms with Crippen LogP contribution in [0.5, 0.6) is 5.75 Å². The number of pyridine rings is 1. The zero-order valence-corrected chi connectivity index (χ0v) is 18.6. The summed E-state index contributed by atoms with van der Waals surface area (Å²) in [5.74, 6) is 1.28. The second-order valence-electron chi connectivity index (χ2n) is 7.10. The quantitative estimate of drug-likeness (QED) is 0.402. The standard InChI is InChI=1S/C24H23N5O2S/c1-17(23(30)26-20-11-6-12-21(14-20)31-2)32-24-28-27-22(19-10-7-13-25-15-19)29(24)16-18-8-4-3-5-9-18/h3-15,17H,16H2,1-2H3,(H,26,30)/t17-/m1/s1. The highest BCUT2D eigenvalue weighted by molar-refractivity contribution is 8.00. The number of amides is 1. The lowest BCUT2D eigenvalue weighted by Crippen LogP contribution is -2.23. The number of carbonyl (C=O) groups is 1. The number of benzene rings is 2. The van der Waals surface area contributed by atoms with E-state index in [2.05, 4.69) is 32.6 Å². The molecule has 4 aromatic rings. The minimum absolute atomic E-state index is 0.125. The summed E-state index contributed by atoms with van der Waals surface area (Å²) in [5.41, 5.74) is 2.67. The van der Waals surface area contributed by atoms with Crippen LogP contribution >= 0.6 is 11.8 Å². The molecule has 4 rings (SSSR count). The Bertz CT molecular complexity index is 1180. The molecule has 0 aliphatic carbocycles. The molecule has 0 radical (unpaired) electrons. The van der Waals surface area contributed by atoms with Crippen molar-refractivity contribution < 1.29 is 9.53 Å². The molecule has 1 atom stereocenters. The van der Waals surface area contributed by atoms with Gasteiger partial charge in [-0.05, 0) is 36.8 Å². The molecule has 0 spiro atoms. The first-order chi connectivity index (χ1) is 15.6. The van der Waals surface area contributed by atoms with Crippen LogP contribution in [0, 0.1) is 0 Å². The number of hydrogen-bond acceptors (Lipinski definition) is 6. The first-order valence-electron chi connectivity index (χ1n) is 10.1. The van der Waals surface area contributed by atoms with Crippen molar-refractivity contribution in [3.05, 3.63) is 84.7 Å². The normalized spacial score (nSPS) is 11.7. The molecule has 1 N–H and O–H groups in total. The van der Waals surface area contributed by atoms with Gasteiger partial charge in [-0.3, -0.25) is 14.3 Å². The number of carbonyl (C=O) groups excluding carboxylic acids is 1. The van der Waals surface area contributed by atoms with Crippen molar-refractivity contribution in [2.24, 2.45) is 0 Å². The van der Waals surface area contributed by atoms with Gasteiger partial charge in [0.25, 0.3) is 0 Å². The molecule has 162 valence electrons. The summed E-state index contributed by atoms with van der Waals surface area (Å²) in [6.45, 7) is 2.44. The Balaban J connectivity index is 1.57. The Morgan fingerprint density at radius 2 is 1.94 bits per heavy atom. The van der Waals surface area contributed by atoms with E-state index in [9.17, 15) is 4.79 Å². The van der Waals surface area contributed by atoms with E-state index in [1.807, 2.05) is 60.0 Å². The van der Waals surface area contributed by atoms with E-state index in [0.717, 1.165) is 11.1 Å². The van der Waals surface area contributed by atoms with Crippen LogP contribution in [-0.2, 0) is 11.3 Å². The molecule has 8 heteroatoms. The van der Waals surface area contributed by atoms with Crippen molar-refractivity contribution >= 4 is 23.4 Å². The summed E-state index contributed by atoms with van der Waals surface area (Å²) in [4.78, 5) is 17.0. The van der Waals surface area contributed by atoms with Crippen LogP contribution in [0.25, 0.3) is 11.4 Å². The van der Waals surface area contributed by atoms with E-state index in [0.29, 0.717) is 29.0 Å². The Hall–Kier alpha value is -3.65. The Labute approximate surface area is 190 Å². The number of ether oxygens (including phenoxy) is 1. The monoisotopic (exact) mass is 445 g/mol. The van der Waals surface area contributed by atoms with Crippen molar-refractivity contribution in [1.29, 1.82) is 0 Å². The van der Waals surface area contributed by atoms with Gasteiger partial charge in [-0.25, -0.2) is 0 Å². The van der Waals surface area contributed by atoms with Crippen LogP contribution in [0.2, 0.25) is 0 Å². The van der Waals surface area contributed by atoms with Crippen LogP contribution in [0.1, 0.15) is 12.5 Å². The molecule has 2 heterocycles. The molecule has 2 aromatic heterocycles. The maximum Gasteiger partial charge on any atom is 0.237 e. The molecule has 2 aromatic carbocycles. The fourth-order valence-corrected chi connectivity index (χ4v) is 4.00. The van der Waals surface area contributed by atoms with Gasteiger partial charge in [0.05, 0.1) is 18.9 Å². The SMILES string of the molecule is COc1cccc(NC(=O)[C@@H](C)Sc2nnc(-c3cccnc3)n2Cc2ccccc2)c1. The number of hydrogen-bond donors (Lipinski definition) is 1. The molecule has 0 fully saturated rings. The van der Waals surface area contributed by atoms with E-state index in [1.165, 1.54) is 11.8 Å². The highest BCUT2D eigenvalue weighted by atomic mass is 32.2. The molecule has 0 saturated carbocycles. The Morgan fingerprint density at radius 1 is 1.09 bits per heavy atom. The summed E-state index contributed by atoms with van der Waals surface area (Å²) < 4.78 is 7.25. The van der Waals surface area contributed by atoms with Crippen molar-refractivity contribution in [1.82, 2.24) is 19.7 Å². The van der Waals surface area contributed by atoms with Crippen LogP contribution in [0.4, 0.5) is 5.69 Å².